The van der Waals surface area contributed by atoms with E-state index in [0.29, 0.717) is 0 Å². The van der Waals surface area contributed by atoms with Crippen LogP contribution in [0, 0.1) is 0 Å². The lowest BCUT2D eigenvalue weighted by molar-refractivity contribution is 0.954. The minimum Gasteiger partial charge on any atom is -0.152 e. The lowest BCUT2D eigenvalue weighted by Crippen LogP contribution is -1.19. The van der Waals surface area contributed by atoms with Gasteiger partial charge in [-0.15, -0.1) is 0 Å². The van der Waals surface area contributed by atoms with Crippen LogP contribution in [0.1, 0.15) is 0 Å². The Hall–Kier alpha value is 0.370. The predicted octanol–water partition coefficient (Wildman–Crippen LogP) is 2.40. The van der Waals surface area contributed by atoms with Gasteiger partial charge in [0, 0.05) is 0 Å². The van der Waals surface area contributed by atoms with E-state index in [9.17, 15) is 3.89 Å². The Bertz CT molecular complexity index is 28.8. The van der Waals surface area contributed by atoms with Crippen molar-refractivity contribution in [2.45, 2.75) is 0 Å². The molecule has 0 fully saturated rings. The van der Waals surface area contributed by atoms with Gasteiger partial charge in [-0.05, 0) is 16.2 Å². The second-order valence-electron chi connectivity index (χ2n) is 0.326. The molecule has 0 saturated carbocycles. The molecule has 0 aromatic rings. The van der Waals surface area contributed by atoms with Crippen LogP contribution in [-0.2, 0) is 0 Å². The summed E-state index contributed by atoms with van der Waals surface area (Å²) in [5.41, 5.74) is 0. The lowest BCUT2D eigenvalue weighted by atomic mass is 11.3. The van der Waals surface area contributed by atoms with Crippen molar-refractivity contribution in [2.24, 2.45) is 0 Å². The predicted molar refractivity (Wildman–Crippen MR) is 26.5 cm³/mol. The first kappa shape index (κ1) is 5.37. The molecule has 0 radical (unpaired) electrons. The third kappa shape index (κ3) is 4.37. The second-order valence-corrected chi connectivity index (χ2v) is 1.93. The van der Waals surface area contributed by atoms with Crippen LogP contribution >= 0.6 is 22.0 Å². The zero-order valence-electron chi connectivity index (χ0n) is 2.48. The van der Waals surface area contributed by atoms with Crippen molar-refractivity contribution in [3.05, 3.63) is 12.0 Å². The van der Waals surface area contributed by atoms with E-state index in [-0.39, 0.29) is 11.2 Å². The molecular formula is C2H3FS2. The fourth-order valence-corrected chi connectivity index (χ4v) is 0.231. The Morgan fingerprint density at radius 1 is 1.80 bits per heavy atom. The van der Waals surface area contributed by atoms with E-state index in [1.807, 2.05) is 0 Å². The summed E-state index contributed by atoms with van der Waals surface area (Å²) in [5.74, 6) is 0. The molecule has 0 heterocycles. The van der Waals surface area contributed by atoms with E-state index in [4.69, 9.17) is 0 Å². The number of hydrogen-bond donors (Lipinski definition) is 0. The third-order valence-electron chi connectivity index (χ3n) is 0.104. The van der Waals surface area contributed by atoms with Crippen molar-refractivity contribution in [3.8, 4) is 0 Å². The van der Waals surface area contributed by atoms with Gasteiger partial charge in [-0.25, -0.2) is 0 Å². The van der Waals surface area contributed by atoms with Crippen molar-refractivity contribution >= 4 is 22.0 Å². The zero-order chi connectivity index (χ0) is 4.12. The van der Waals surface area contributed by atoms with Crippen LogP contribution in [0.5, 0.6) is 0 Å². The van der Waals surface area contributed by atoms with Gasteiger partial charge < -0.3 is 0 Å². The van der Waals surface area contributed by atoms with Gasteiger partial charge >= 0.3 is 0 Å². The molecule has 0 amide bonds. The van der Waals surface area contributed by atoms with Crippen LogP contribution in [0.3, 0.4) is 0 Å². The number of hydrogen-bond acceptors (Lipinski definition) is 2. The highest BCUT2D eigenvalue weighted by atomic mass is 33.1. The molecule has 0 aliphatic heterocycles. The largest absolute Gasteiger partial charge is 0.152 e. The lowest BCUT2D eigenvalue weighted by Gasteiger charge is -1.67. The normalized spacial score (nSPS) is 7.40. The fourth-order valence-electron chi connectivity index (χ4n) is 0.0257. The number of halogens is 1. The molecule has 0 bridgehead atoms. The van der Waals surface area contributed by atoms with Crippen molar-refractivity contribution in [1.29, 1.82) is 0 Å². The quantitative estimate of drug-likeness (QED) is 0.500. The number of rotatable bonds is 2. The van der Waals surface area contributed by atoms with E-state index in [1.165, 1.54) is 5.41 Å². The molecule has 0 rings (SSSR count). The van der Waals surface area contributed by atoms with Gasteiger partial charge in [0.15, 0.2) is 0 Å². The highest BCUT2D eigenvalue weighted by Crippen LogP contribution is 2.21. The second kappa shape index (κ2) is 4.37. The van der Waals surface area contributed by atoms with Crippen molar-refractivity contribution in [3.63, 3.8) is 0 Å². The maximum Gasteiger partial charge on any atom is 0.119 e. The summed E-state index contributed by atoms with van der Waals surface area (Å²) < 4.78 is 10.8. The fraction of sp³-hybridized carbons (Fsp3) is 0. The topological polar surface area (TPSA) is 0 Å². The first-order valence-corrected chi connectivity index (χ1v) is 3.08. The van der Waals surface area contributed by atoms with Crippen molar-refractivity contribution in [2.75, 3.05) is 0 Å². The third-order valence-corrected chi connectivity index (χ3v) is 0.940. The summed E-state index contributed by atoms with van der Waals surface area (Å²) in [6, 6.07) is 0. The first-order chi connectivity index (χ1) is 2.41. The average Bonchev–Trinajstić information content (AvgIpc) is 1.41. The smallest absolute Gasteiger partial charge is 0.119 e. The monoisotopic (exact) mass is 110 g/mol. The van der Waals surface area contributed by atoms with Crippen LogP contribution in [0.2, 0.25) is 0 Å². The summed E-state index contributed by atoms with van der Waals surface area (Å²) >= 11 is 0.200. The summed E-state index contributed by atoms with van der Waals surface area (Å²) in [4.78, 5) is 0. The molecule has 0 aromatic heterocycles. The minimum absolute atomic E-state index is 0.200. The van der Waals surface area contributed by atoms with E-state index in [1.54, 1.807) is 0 Å². The van der Waals surface area contributed by atoms with Crippen LogP contribution < -0.4 is 0 Å². The maximum absolute atomic E-state index is 10.8. The molecule has 0 spiro atoms. The Morgan fingerprint density at radius 3 is 2.40 bits per heavy atom. The summed E-state index contributed by atoms with van der Waals surface area (Å²) in [7, 11) is 0.977. The molecule has 3 heteroatoms. The molecule has 0 saturated heterocycles. The van der Waals surface area contributed by atoms with Crippen molar-refractivity contribution in [1.82, 2.24) is 0 Å². The summed E-state index contributed by atoms with van der Waals surface area (Å²) in [6.45, 7) is 3.25. The van der Waals surface area contributed by atoms with Gasteiger partial charge in [0.25, 0.3) is 0 Å². The van der Waals surface area contributed by atoms with Gasteiger partial charge in [-0.3, -0.25) is 0 Å². The summed E-state index contributed by atoms with van der Waals surface area (Å²) in [5, 5.41) is 1.44. The van der Waals surface area contributed by atoms with E-state index in [2.05, 4.69) is 6.58 Å². The zero-order valence-corrected chi connectivity index (χ0v) is 4.11. The Kier molecular flexibility index (Phi) is 4.69. The van der Waals surface area contributed by atoms with Crippen LogP contribution in [0.15, 0.2) is 12.0 Å². The molecule has 5 heavy (non-hydrogen) atoms. The molecule has 30 valence electrons. The van der Waals surface area contributed by atoms with Crippen LogP contribution in [0.4, 0.5) is 3.89 Å². The van der Waals surface area contributed by atoms with E-state index < -0.39 is 0 Å². The highest BCUT2D eigenvalue weighted by Gasteiger charge is 1.67. The van der Waals surface area contributed by atoms with Gasteiger partial charge in [0.05, 0.1) is 0 Å². The van der Waals surface area contributed by atoms with Crippen LogP contribution in [0.25, 0.3) is 0 Å². The molecule has 0 atom stereocenters. The minimum atomic E-state index is 0.200. The Balaban J connectivity index is 2.40. The first-order valence-electron chi connectivity index (χ1n) is 0.965. The molecule has 0 aliphatic rings. The molecular weight excluding hydrogens is 107 g/mol. The van der Waals surface area contributed by atoms with E-state index in [0.717, 1.165) is 10.8 Å². The molecule has 0 N–H and O–H groups in total. The maximum atomic E-state index is 10.8. The molecule has 0 unspecified atom stereocenters. The van der Waals surface area contributed by atoms with Gasteiger partial charge in [0.2, 0.25) is 0 Å². The molecule has 0 nitrogen and oxygen atoms in total. The highest BCUT2D eigenvalue weighted by molar-refractivity contribution is 8.75. The standard InChI is InChI=1S/C2H3FS2/c1-2-4-5-3/h2H,1H2. The van der Waals surface area contributed by atoms with Gasteiger partial charge in [-0.2, -0.15) is 3.89 Å². The SMILES string of the molecule is C=CSSF. The Labute approximate surface area is 38.5 Å². The molecule has 0 aliphatic carbocycles. The van der Waals surface area contributed by atoms with Crippen LogP contribution in [-0.4, -0.2) is 0 Å². The van der Waals surface area contributed by atoms with E-state index >= 15 is 0 Å². The summed E-state index contributed by atoms with van der Waals surface area (Å²) in [6.07, 6.45) is 0. The Morgan fingerprint density at radius 2 is 2.40 bits per heavy atom. The average molecular weight is 110 g/mol. The van der Waals surface area contributed by atoms with Gasteiger partial charge in [-0.1, -0.05) is 6.58 Å². The van der Waals surface area contributed by atoms with Gasteiger partial charge in [0.1, 0.15) is 11.2 Å². The van der Waals surface area contributed by atoms with Crippen molar-refractivity contribution < 1.29 is 3.89 Å². The molecule has 0 aromatic carbocycles.